The molecule has 1 aliphatic heterocycles. The summed E-state index contributed by atoms with van der Waals surface area (Å²) in [5.74, 6) is -3.17. The number of hydrazine groups is 1. The average Bonchev–Trinajstić information content (AvgIpc) is 3.10. The zero-order chi connectivity index (χ0) is 24.8. The molecule has 34 heavy (non-hydrogen) atoms. The van der Waals surface area contributed by atoms with Crippen molar-refractivity contribution in [3.8, 4) is 0 Å². The van der Waals surface area contributed by atoms with Crippen molar-refractivity contribution in [2.24, 2.45) is 0 Å². The van der Waals surface area contributed by atoms with E-state index in [1.807, 2.05) is 0 Å². The van der Waals surface area contributed by atoms with Crippen molar-refractivity contribution in [3.63, 3.8) is 0 Å². The summed E-state index contributed by atoms with van der Waals surface area (Å²) in [7, 11) is 0. The zero-order valence-corrected chi connectivity index (χ0v) is 20.0. The third kappa shape index (κ3) is 5.49. The molecule has 0 bridgehead atoms. The van der Waals surface area contributed by atoms with Gasteiger partial charge in [-0.1, -0.05) is 12.1 Å². The van der Waals surface area contributed by atoms with E-state index in [1.54, 1.807) is 38.1 Å². The molecule has 0 saturated carbocycles. The largest absolute Gasteiger partial charge is 0.462 e. The molecule has 1 fully saturated rings. The molecule has 11 heteroatoms. The van der Waals surface area contributed by atoms with Gasteiger partial charge < -0.3 is 9.47 Å². The fourth-order valence-corrected chi connectivity index (χ4v) is 3.75. The van der Waals surface area contributed by atoms with Crippen LogP contribution in [0.25, 0.3) is 0 Å². The number of nitrogens with one attached hydrogen (secondary N) is 2. The minimum Gasteiger partial charge on any atom is -0.462 e. The molecular weight excluding hydrogens is 510 g/mol. The van der Waals surface area contributed by atoms with Gasteiger partial charge in [0.05, 0.1) is 42.0 Å². The molecular formula is C23H22BrN3O7. The molecule has 2 N–H and O–H groups in total. The van der Waals surface area contributed by atoms with Crippen LogP contribution in [-0.2, 0) is 19.1 Å². The molecule has 2 aromatic rings. The predicted molar refractivity (Wildman–Crippen MR) is 124 cm³/mol. The van der Waals surface area contributed by atoms with E-state index in [4.69, 9.17) is 9.47 Å². The van der Waals surface area contributed by atoms with E-state index >= 15 is 0 Å². The molecule has 1 aliphatic rings. The quantitative estimate of drug-likeness (QED) is 0.301. The molecule has 0 aromatic heterocycles. The summed E-state index contributed by atoms with van der Waals surface area (Å²) in [6, 6.07) is 9.53. The van der Waals surface area contributed by atoms with Crippen LogP contribution >= 0.6 is 15.9 Å². The van der Waals surface area contributed by atoms with Crippen molar-refractivity contribution in [1.29, 1.82) is 0 Å². The number of rotatable bonds is 8. The van der Waals surface area contributed by atoms with E-state index < -0.39 is 35.7 Å². The van der Waals surface area contributed by atoms with E-state index in [0.717, 1.165) is 4.90 Å². The standard InChI is InChI=1S/C23H22BrN3O7/c1-3-33-22(31)13-9-14(23(32)34-4-2)11-15(10-13)27-19(28)12-18(21(27)30)25-26-20(29)16-7-5-6-8-17(16)24/h5-11,18,25H,3-4,12H2,1-2H3,(H,26,29)/t18-/m0/s1. The Bertz CT molecular complexity index is 1110. The lowest BCUT2D eigenvalue weighted by atomic mass is 10.1. The van der Waals surface area contributed by atoms with Gasteiger partial charge in [0.15, 0.2) is 0 Å². The molecule has 0 unspecified atom stereocenters. The van der Waals surface area contributed by atoms with E-state index in [-0.39, 0.29) is 36.4 Å². The fourth-order valence-electron chi connectivity index (χ4n) is 3.29. The summed E-state index contributed by atoms with van der Waals surface area (Å²) in [6.45, 7) is 3.45. The van der Waals surface area contributed by atoms with Gasteiger partial charge in [-0.25, -0.2) is 19.9 Å². The van der Waals surface area contributed by atoms with Gasteiger partial charge in [0.1, 0.15) is 6.04 Å². The molecule has 2 aromatic carbocycles. The van der Waals surface area contributed by atoms with Crippen molar-refractivity contribution in [1.82, 2.24) is 10.9 Å². The number of carbonyl (C=O) groups is 5. The fraction of sp³-hybridized carbons (Fsp3) is 0.261. The molecule has 178 valence electrons. The normalized spacial score (nSPS) is 15.3. The first-order valence-corrected chi connectivity index (χ1v) is 11.2. The summed E-state index contributed by atoms with van der Waals surface area (Å²) in [5.41, 5.74) is 5.35. The molecule has 1 atom stereocenters. The second-order valence-electron chi connectivity index (χ2n) is 7.11. The second kappa shape index (κ2) is 11.0. The topological polar surface area (TPSA) is 131 Å². The van der Waals surface area contributed by atoms with Crippen molar-refractivity contribution < 1.29 is 33.4 Å². The summed E-state index contributed by atoms with van der Waals surface area (Å²) in [6.07, 6.45) is -0.243. The number of imide groups is 1. The molecule has 1 saturated heterocycles. The van der Waals surface area contributed by atoms with Crippen molar-refractivity contribution in [3.05, 3.63) is 63.6 Å². The van der Waals surface area contributed by atoms with E-state index in [0.29, 0.717) is 10.0 Å². The van der Waals surface area contributed by atoms with Crippen LogP contribution in [0.4, 0.5) is 5.69 Å². The minimum absolute atomic E-state index is 0.0124. The van der Waals surface area contributed by atoms with Crippen LogP contribution in [0, 0.1) is 0 Å². The SMILES string of the molecule is CCOC(=O)c1cc(C(=O)OCC)cc(N2C(=O)C[C@H](NNC(=O)c3ccccc3Br)C2=O)c1. The number of esters is 2. The van der Waals surface area contributed by atoms with Crippen LogP contribution in [0.1, 0.15) is 51.3 Å². The highest BCUT2D eigenvalue weighted by atomic mass is 79.9. The molecule has 10 nitrogen and oxygen atoms in total. The Morgan fingerprint density at radius 3 is 2.15 bits per heavy atom. The van der Waals surface area contributed by atoms with Crippen molar-refractivity contribution in [2.75, 3.05) is 18.1 Å². The molecule has 3 rings (SSSR count). The highest BCUT2D eigenvalue weighted by Gasteiger charge is 2.40. The van der Waals surface area contributed by atoms with Crippen LogP contribution in [0.2, 0.25) is 0 Å². The number of benzene rings is 2. The predicted octanol–water partition coefficient (Wildman–Crippen LogP) is 2.37. The summed E-state index contributed by atoms with van der Waals surface area (Å²) in [4.78, 5) is 63.5. The molecule has 0 spiro atoms. The Labute approximate surface area is 203 Å². The van der Waals surface area contributed by atoms with Gasteiger partial charge in [0.2, 0.25) is 5.91 Å². The smallest absolute Gasteiger partial charge is 0.338 e. The van der Waals surface area contributed by atoms with E-state index in [1.165, 1.54) is 18.2 Å². The first-order valence-electron chi connectivity index (χ1n) is 10.4. The van der Waals surface area contributed by atoms with E-state index in [9.17, 15) is 24.0 Å². The maximum absolute atomic E-state index is 13.0. The first kappa shape index (κ1) is 25.1. The van der Waals surface area contributed by atoms with Gasteiger partial charge in [-0.05, 0) is 60.1 Å². The summed E-state index contributed by atoms with van der Waals surface area (Å²) >= 11 is 3.28. The van der Waals surface area contributed by atoms with Crippen molar-refractivity contribution >= 4 is 51.3 Å². The van der Waals surface area contributed by atoms with E-state index in [2.05, 4.69) is 26.8 Å². The monoisotopic (exact) mass is 531 g/mol. The zero-order valence-electron chi connectivity index (χ0n) is 18.4. The van der Waals surface area contributed by atoms with Gasteiger partial charge in [-0.15, -0.1) is 0 Å². The Hall–Kier alpha value is -3.57. The molecule has 0 radical (unpaired) electrons. The third-order valence-corrected chi connectivity index (χ3v) is 5.51. The third-order valence-electron chi connectivity index (χ3n) is 4.82. The lowest BCUT2D eigenvalue weighted by molar-refractivity contribution is -0.121. The molecule has 3 amide bonds. The Morgan fingerprint density at radius 1 is 1.00 bits per heavy atom. The lowest BCUT2D eigenvalue weighted by Gasteiger charge is -2.18. The summed E-state index contributed by atoms with van der Waals surface area (Å²) < 4.78 is 10.5. The van der Waals surface area contributed by atoms with Crippen LogP contribution in [0.3, 0.4) is 0 Å². The maximum Gasteiger partial charge on any atom is 0.338 e. The molecule has 0 aliphatic carbocycles. The van der Waals surface area contributed by atoms with Crippen molar-refractivity contribution in [2.45, 2.75) is 26.3 Å². The number of carbonyl (C=O) groups excluding carboxylic acids is 5. The van der Waals surface area contributed by atoms with Gasteiger partial charge in [-0.2, -0.15) is 0 Å². The minimum atomic E-state index is -1.05. The maximum atomic E-state index is 13.0. The highest BCUT2D eigenvalue weighted by Crippen LogP contribution is 2.26. The number of hydrogen-bond donors (Lipinski definition) is 2. The summed E-state index contributed by atoms with van der Waals surface area (Å²) in [5, 5.41) is 0. The van der Waals surface area contributed by atoms with Crippen LogP contribution < -0.4 is 15.8 Å². The van der Waals surface area contributed by atoms with Gasteiger partial charge >= 0.3 is 11.9 Å². The Morgan fingerprint density at radius 2 is 1.59 bits per heavy atom. The highest BCUT2D eigenvalue weighted by molar-refractivity contribution is 9.10. The Kier molecular flexibility index (Phi) is 8.13. The number of anilines is 1. The molecule has 1 heterocycles. The van der Waals surface area contributed by atoms with Crippen LogP contribution in [0.15, 0.2) is 46.9 Å². The van der Waals surface area contributed by atoms with Crippen LogP contribution in [-0.4, -0.2) is 48.9 Å². The van der Waals surface area contributed by atoms with Gasteiger partial charge in [0, 0.05) is 4.47 Å². The Balaban J connectivity index is 1.83. The number of nitrogens with zero attached hydrogens (tertiary/aromatic N) is 1. The van der Waals surface area contributed by atoms with Crippen LogP contribution in [0.5, 0.6) is 0 Å². The van der Waals surface area contributed by atoms with Gasteiger partial charge in [-0.3, -0.25) is 19.8 Å². The number of halogens is 1. The number of amides is 3. The number of ether oxygens (including phenoxy) is 2. The lowest BCUT2D eigenvalue weighted by Crippen LogP contribution is -2.48. The first-order chi connectivity index (χ1) is 16.3. The second-order valence-corrected chi connectivity index (χ2v) is 7.97. The number of hydrogen-bond acceptors (Lipinski definition) is 8. The van der Waals surface area contributed by atoms with Gasteiger partial charge in [0.25, 0.3) is 11.8 Å². The average molecular weight is 532 g/mol.